The van der Waals surface area contributed by atoms with Gasteiger partial charge < -0.3 is 26.2 Å². The number of amides is 3. The van der Waals surface area contributed by atoms with Gasteiger partial charge in [-0.25, -0.2) is 0 Å². The Kier molecular flexibility index (Phi) is 20.9. The predicted molar refractivity (Wildman–Crippen MR) is 301 cm³/mol. The topological polar surface area (TPSA) is 145 Å². The minimum absolute atomic E-state index is 0.0466. The predicted octanol–water partition coefficient (Wildman–Crippen LogP) is 11.1. The van der Waals surface area contributed by atoms with Crippen molar-refractivity contribution < 1.29 is 29.4 Å². The van der Waals surface area contributed by atoms with Crippen LogP contribution in [0.1, 0.15) is 77.5 Å². The minimum Gasteiger partial charge on any atom is -0.481 e. The lowest BCUT2D eigenvalue weighted by molar-refractivity contribution is -0.137. The summed E-state index contributed by atoms with van der Waals surface area (Å²) in [5.74, 6) is -1.47. The van der Waals surface area contributed by atoms with Gasteiger partial charge in [0.1, 0.15) is 12.1 Å². The summed E-state index contributed by atoms with van der Waals surface area (Å²) in [5.41, 5.74) is 7.26. The third-order valence-electron chi connectivity index (χ3n) is 12.8. The van der Waals surface area contributed by atoms with Gasteiger partial charge in [0.15, 0.2) is 0 Å². The van der Waals surface area contributed by atoms with Crippen LogP contribution in [-0.4, -0.2) is 70.1 Å². The highest BCUT2D eigenvalue weighted by molar-refractivity contribution is 8.00. The second-order valence-corrected chi connectivity index (χ2v) is 20.6. The molecule has 0 aliphatic carbocycles. The van der Waals surface area contributed by atoms with Crippen molar-refractivity contribution in [2.24, 2.45) is 0 Å². The molecule has 0 unspecified atom stereocenters. The van der Waals surface area contributed by atoms with E-state index in [1.54, 1.807) is 6.08 Å². The summed E-state index contributed by atoms with van der Waals surface area (Å²) < 4.78 is -1.28. The van der Waals surface area contributed by atoms with Crippen molar-refractivity contribution in [3.63, 3.8) is 0 Å². The maximum Gasteiger partial charge on any atom is 0.303 e. The summed E-state index contributed by atoms with van der Waals surface area (Å²) in [5, 5.41) is 29.3. The molecule has 0 spiro atoms. The zero-order valence-electron chi connectivity index (χ0n) is 41.5. The van der Waals surface area contributed by atoms with Crippen molar-refractivity contribution in [2.45, 2.75) is 72.6 Å². The van der Waals surface area contributed by atoms with Crippen LogP contribution in [0.15, 0.2) is 224 Å². The van der Waals surface area contributed by atoms with E-state index in [1.807, 2.05) is 121 Å². The second kappa shape index (κ2) is 28.3. The number of nitrogens with one attached hydrogen (secondary N) is 3. The van der Waals surface area contributed by atoms with Gasteiger partial charge in [0, 0.05) is 25.1 Å². The van der Waals surface area contributed by atoms with Gasteiger partial charge in [-0.1, -0.05) is 231 Å². The first-order chi connectivity index (χ1) is 36.2. The van der Waals surface area contributed by atoms with E-state index in [1.165, 1.54) is 11.8 Å². The molecule has 0 bridgehead atoms. The number of aliphatic hydroxyl groups excluding tert-OH is 1. The van der Waals surface area contributed by atoms with E-state index in [9.17, 15) is 24.3 Å². The summed E-state index contributed by atoms with van der Waals surface area (Å²) in [7, 11) is 0. The number of hydrogen-bond donors (Lipinski definition) is 5. The third-order valence-corrected chi connectivity index (χ3v) is 16.1. The Morgan fingerprint density at radius 1 is 0.500 bits per heavy atom. The Labute approximate surface area is 444 Å². The zero-order chi connectivity index (χ0) is 51.9. The van der Waals surface area contributed by atoms with Crippen molar-refractivity contribution >= 4 is 47.2 Å². The van der Waals surface area contributed by atoms with Gasteiger partial charge in [0.2, 0.25) is 17.7 Å². The number of rotatable bonds is 28. The number of carbonyl (C=O) groups is 4. The molecule has 7 rings (SSSR count). The molecule has 0 heterocycles. The van der Waals surface area contributed by atoms with Crippen LogP contribution < -0.4 is 16.0 Å². The molecule has 5 N–H and O–H groups in total. The molecule has 0 fully saturated rings. The maximum atomic E-state index is 14.7. The Bertz CT molecular complexity index is 2630. The van der Waals surface area contributed by atoms with Crippen LogP contribution >= 0.6 is 23.5 Å². The molecule has 7 aromatic carbocycles. The van der Waals surface area contributed by atoms with Crippen molar-refractivity contribution in [1.82, 2.24) is 16.0 Å². The van der Waals surface area contributed by atoms with Gasteiger partial charge >= 0.3 is 5.97 Å². The molecule has 11 heteroatoms. The fourth-order valence-electron chi connectivity index (χ4n) is 9.22. The average molecular weight is 1020 g/mol. The summed E-state index contributed by atoms with van der Waals surface area (Å²) in [4.78, 5) is 54.0. The Hall–Kier alpha value is -7.18. The number of carboxylic acid groups (broad SMARTS) is 1. The minimum atomic E-state index is -1.12. The van der Waals surface area contributed by atoms with E-state index >= 15 is 0 Å². The van der Waals surface area contributed by atoms with Crippen LogP contribution in [0.5, 0.6) is 0 Å². The van der Waals surface area contributed by atoms with Crippen molar-refractivity contribution in [3.8, 4) is 0 Å². The first-order valence-corrected chi connectivity index (χ1v) is 27.2. The van der Waals surface area contributed by atoms with Crippen LogP contribution in [0, 0.1) is 0 Å². The molecule has 0 aliphatic rings. The zero-order valence-corrected chi connectivity index (χ0v) is 43.1. The molecular formula is C63H65N3O6S2. The van der Waals surface area contributed by atoms with Crippen LogP contribution in [0.4, 0.5) is 0 Å². The first kappa shape index (κ1) is 54.6. The van der Waals surface area contributed by atoms with E-state index < -0.39 is 51.4 Å². The van der Waals surface area contributed by atoms with E-state index in [0.29, 0.717) is 38.0 Å². The summed E-state index contributed by atoms with van der Waals surface area (Å²) >= 11 is 3.35. The highest BCUT2D eigenvalue weighted by Gasteiger charge is 2.40. The second-order valence-electron chi connectivity index (χ2n) is 18.1. The highest BCUT2D eigenvalue weighted by atomic mass is 32.2. The third kappa shape index (κ3) is 15.0. The number of unbranched alkanes of at least 4 members (excludes halogenated alkanes) is 2. The van der Waals surface area contributed by atoms with Crippen molar-refractivity contribution in [2.75, 3.05) is 18.1 Å². The quantitative estimate of drug-likeness (QED) is 0.0185. The smallest absolute Gasteiger partial charge is 0.303 e. The molecule has 0 saturated heterocycles. The van der Waals surface area contributed by atoms with Gasteiger partial charge in [0.05, 0.1) is 22.0 Å². The Morgan fingerprint density at radius 2 is 0.919 bits per heavy atom. The van der Waals surface area contributed by atoms with Crippen LogP contribution in [0.3, 0.4) is 0 Å². The normalized spacial score (nSPS) is 12.8. The molecule has 0 saturated carbocycles. The molecule has 74 heavy (non-hydrogen) atoms. The van der Waals surface area contributed by atoms with Gasteiger partial charge in [-0.15, -0.1) is 23.5 Å². The number of carboxylic acids is 1. The molecule has 9 nitrogen and oxygen atoms in total. The Morgan fingerprint density at radius 3 is 1.35 bits per heavy atom. The van der Waals surface area contributed by atoms with Gasteiger partial charge in [-0.05, 0) is 64.0 Å². The van der Waals surface area contributed by atoms with Crippen LogP contribution in [0.2, 0.25) is 0 Å². The molecule has 0 aliphatic heterocycles. The summed E-state index contributed by atoms with van der Waals surface area (Å²) in [6, 6.07) is 68.9. The largest absolute Gasteiger partial charge is 0.481 e. The highest BCUT2D eigenvalue weighted by Crippen LogP contribution is 2.50. The van der Waals surface area contributed by atoms with E-state index in [-0.39, 0.29) is 25.0 Å². The summed E-state index contributed by atoms with van der Waals surface area (Å²) in [6.45, 7) is 0.291. The van der Waals surface area contributed by atoms with Gasteiger partial charge in [-0.2, -0.15) is 0 Å². The lowest BCUT2D eigenvalue weighted by atomic mass is 9.84. The standard InChI is InChI=1S/C63H65N3O6S2/c67-55(41-24-26-44-73-62(49-29-11-2-12-30-49,50-31-13-3-14-32-50)51-33-15-4-16-34-51)46-58(68)65-56(45-48-27-9-1-10-28-48)61(72)66-57(60(71)64-43-25-8-23-42-59(69)70)47-74-63(52-35-17-5-18-36-52,53-37-19-6-20-38-53)54-39-21-7-22-40-54/h1-7,9-22,24,27-41,55-57,67H,8,23,25-26,42-47H2,(H,64,71)(H,65,68)(H,66,72)(H,69,70)/b41-24+/t55-,56-,57-/m1/s1. The number of aliphatic carboxylic acids is 1. The van der Waals surface area contributed by atoms with Gasteiger partial charge in [0.25, 0.3) is 0 Å². The number of hydrogen-bond acceptors (Lipinski definition) is 7. The SMILES string of the molecule is O=C(O)CCCCCNC(=O)[C@@H](CSC(c1ccccc1)(c1ccccc1)c1ccccc1)NC(=O)[C@@H](Cc1ccccc1)NC(=O)C[C@H](O)/C=C/CCSC(c1ccccc1)(c1ccccc1)c1ccccc1. The molecule has 380 valence electrons. The number of benzene rings is 7. The van der Waals surface area contributed by atoms with Gasteiger partial charge in [-0.3, -0.25) is 19.2 Å². The fraction of sp³-hybridized carbons (Fsp3) is 0.238. The average Bonchev–Trinajstić information content (AvgIpc) is 3.44. The summed E-state index contributed by atoms with van der Waals surface area (Å²) in [6.07, 6.45) is 4.62. The van der Waals surface area contributed by atoms with Crippen molar-refractivity contribution in [3.05, 3.63) is 263 Å². The molecule has 0 radical (unpaired) electrons. The molecule has 0 aromatic heterocycles. The van der Waals surface area contributed by atoms with E-state index in [2.05, 4.69) is 125 Å². The van der Waals surface area contributed by atoms with Crippen LogP contribution in [-0.2, 0) is 35.1 Å². The van der Waals surface area contributed by atoms with Crippen molar-refractivity contribution in [1.29, 1.82) is 0 Å². The van der Waals surface area contributed by atoms with Crippen LogP contribution in [0.25, 0.3) is 0 Å². The lowest BCUT2D eigenvalue weighted by Gasteiger charge is -2.36. The number of allylic oxidation sites excluding steroid dienone is 1. The fourth-order valence-corrected chi connectivity index (χ4v) is 12.2. The Balaban J connectivity index is 1.07. The van der Waals surface area contributed by atoms with E-state index in [0.717, 1.165) is 38.9 Å². The first-order valence-electron chi connectivity index (χ1n) is 25.3. The lowest BCUT2D eigenvalue weighted by Crippen LogP contribution is -2.55. The molecular weight excluding hydrogens is 959 g/mol. The number of thioether (sulfide) groups is 2. The molecule has 3 atom stereocenters. The number of aliphatic hydroxyl groups is 1. The molecule has 7 aromatic rings. The molecule has 3 amide bonds. The monoisotopic (exact) mass is 1020 g/mol. The van der Waals surface area contributed by atoms with E-state index in [4.69, 9.17) is 5.11 Å². The number of carbonyl (C=O) groups excluding carboxylic acids is 3. The maximum absolute atomic E-state index is 14.7.